The van der Waals surface area contributed by atoms with Gasteiger partial charge in [0.25, 0.3) is 0 Å². The summed E-state index contributed by atoms with van der Waals surface area (Å²) in [4.78, 5) is 10.2. The third-order valence-corrected chi connectivity index (χ3v) is 11.6. The number of fused-ring (bicyclic) bond motifs is 14. The van der Waals surface area contributed by atoms with E-state index in [1.807, 2.05) is 36.4 Å². The number of aromatic nitrogens is 4. The van der Waals surface area contributed by atoms with Gasteiger partial charge in [0, 0.05) is 54.5 Å². The molecular formula is C50H28N4O. The Labute approximate surface area is 313 Å². The summed E-state index contributed by atoms with van der Waals surface area (Å²) >= 11 is 0. The van der Waals surface area contributed by atoms with E-state index in [9.17, 15) is 0 Å². The van der Waals surface area contributed by atoms with E-state index < -0.39 is 0 Å². The van der Waals surface area contributed by atoms with Crippen LogP contribution in [0.25, 0.3) is 121 Å². The van der Waals surface area contributed by atoms with Gasteiger partial charge < -0.3 is 13.4 Å². The first-order chi connectivity index (χ1) is 27.3. The van der Waals surface area contributed by atoms with E-state index in [1.165, 1.54) is 70.7 Å². The fourth-order valence-electron chi connectivity index (χ4n) is 9.23. The molecule has 5 heteroatoms. The number of rotatable bonds is 3. The van der Waals surface area contributed by atoms with Crippen LogP contribution in [0, 0.1) is 0 Å². The molecule has 0 N–H and O–H groups in total. The third kappa shape index (κ3) is 3.86. The SMILES string of the molecule is c1ccc(-c2nc(-c3ccc(-n4c5cc6ccccc6cc5c5cc6c7ccccc7n7c8ccccc8c(c54)c67)cc3)c3oc4ccccc4c3n2)cc1. The third-order valence-electron chi connectivity index (χ3n) is 11.6. The maximum atomic E-state index is 6.49. The van der Waals surface area contributed by atoms with Crippen LogP contribution in [0.2, 0.25) is 0 Å². The molecule has 0 radical (unpaired) electrons. The average molecular weight is 701 g/mol. The van der Waals surface area contributed by atoms with Gasteiger partial charge in [-0.3, -0.25) is 0 Å². The lowest BCUT2D eigenvalue weighted by atomic mass is 10.0. The van der Waals surface area contributed by atoms with Crippen LogP contribution < -0.4 is 0 Å². The topological polar surface area (TPSA) is 48.3 Å². The van der Waals surface area contributed by atoms with E-state index in [0.29, 0.717) is 11.4 Å². The largest absolute Gasteiger partial charge is 0.452 e. The lowest BCUT2D eigenvalue weighted by Gasteiger charge is -2.11. The minimum Gasteiger partial charge on any atom is -0.452 e. The number of para-hydroxylation sites is 3. The first-order valence-electron chi connectivity index (χ1n) is 18.7. The van der Waals surface area contributed by atoms with Gasteiger partial charge in [-0.15, -0.1) is 0 Å². The highest BCUT2D eigenvalue weighted by atomic mass is 16.3. The van der Waals surface area contributed by atoms with Crippen molar-refractivity contribution in [2.45, 2.75) is 0 Å². The van der Waals surface area contributed by atoms with Gasteiger partial charge >= 0.3 is 0 Å². The summed E-state index contributed by atoms with van der Waals surface area (Å²) in [6.07, 6.45) is 0. The van der Waals surface area contributed by atoms with E-state index in [1.54, 1.807) is 0 Å². The Morgan fingerprint density at radius 1 is 0.436 bits per heavy atom. The highest BCUT2D eigenvalue weighted by molar-refractivity contribution is 6.34. The summed E-state index contributed by atoms with van der Waals surface area (Å²) in [6, 6.07) is 60.6. The van der Waals surface area contributed by atoms with Gasteiger partial charge in [-0.1, -0.05) is 115 Å². The van der Waals surface area contributed by atoms with Crippen LogP contribution in [0.3, 0.4) is 0 Å². The first kappa shape index (κ1) is 29.0. The van der Waals surface area contributed by atoms with Crippen LogP contribution in [-0.2, 0) is 0 Å². The zero-order valence-electron chi connectivity index (χ0n) is 29.4. The molecule has 0 aliphatic carbocycles. The predicted molar refractivity (Wildman–Crippen MR) is 227 cm³/mol. The number of furan rings is 1. The summed E-state index contributed by atoms with van der Waals surface area (Å²) in [7, 11) is 0. The lowest BCUT2D eigenvalue weighted by Crippen LogP contribution is -1.96. The molecule has 0 bridgehead atoms. The molecule has 0 atom stereocenters. The van der Waals surface area contributed by atoms with Gasteiger partial charge in [0.2, 0.25) is 0 Å². The van der Waals surface area contributed by atoms with Gasteiger partial charge in [0.05, 0.1) is 27.6 Å². The normalized spacial score (nSPS) is 12.4. The van der Waals surface area contributed by atoms with Gasteiger partial charge in [0.1, 0.15) is 16.8 Å². The van der Waals surface area contributed by atoms with Crippen molar-refractivity contribution >= 4 is 92.7 Å². The molecule has 5 nitrogen and oxygen atoms in total. The van der Waals surface area contributed by atoms with E-state index in [0.717, 1.165) is 39.0 Å². The van der Waals surface area contributed by atoms with Crippen molar-refractivity contribution in [3.8, 4) is 28.3 Å². The van der Waals surface area contributed by atoms with Crippen molar-refractivity contribution in [3.05, 3.63) is 170 Å². The second kappa shape index (κ2) is 10.6. The minimum atomic E-state index is 0.675. The highest BCUT2D eigenvalue weighted by Crippen LogP contribution is 2.47. The standard InChI is InChI=1S/C50H28N4O/c1-2-12-30(13-3-1)50-51-45(49-46(52-50)36-18-8-11-21-43(36)55-49)29-22-24-33(25-23-29)53-42-27-32-15-5-4-14-31(32)26-37(42)39-28-38-34-16-6-9-19-40(34)54-41-20-10-7-17-35(41)44(47(39)53)48(38)54/h1-28H. The summed E-state index contributed by atoms with van der Waals surface area (Å²) in [6.45, 7) is 0. The molecule has 0 amide bonds. The molecule has 0 fully saturated rings. The number of nitrogens with zero attached hydrogens (tertiary/aromatic N) is 4. The van der Waals surface area contributed by atoms with Gasteiger partial charge in [0.15, 0.2) is 11.4 Å². The molecule has 13 aromatic rings. The Balaban J connectivity index is 1.12. The molecule has 55 heavy (non-hydrogen) atoms. The van der Waals surface area contributed by atoms with Crippen LogP contribution in [0.15, 0.2) is 174 Å². The first-order valence-corrected chi connectivity index (χ1v) is 18.7. The second-order valence-electron chi connectivity index (χ2n) is 14.6. The molecule has 13 rings (SSSR count). The number of hydrogen-bond acceptors (Lipinski definition) is 3. The summed E-state index contributed by atoms with van der Waals surface area (Å²) in [5, 5.41) is 11.0. The maximum Gasteiger partial charge on any atom is 0.180 e. The molecule has 0 saturated heterocycles. The molecule has 0 unspecified atom stereocenters. The Morgan fingerprint density at radius 3 is 1.91 bits per heavy atom. The Kier molecular flexibility index (Phi) is 5.57. The summed E-state index contributed by atoms with van der Waals surface area (Å²) in [5.74, 6) is 0.675. The zero-order chi connectivity index (χ0) is 35.8. The molecular weight excluding hydrogens is 673 g/mol. The average Bonchev–Trinajstić information content (AvgIpc) is 3.98. The molecule has 0 aliphatic heterocycles. The fourth-order valence-corrected chi connectivity index (χ4v) is 9.23. The van der Waals surface area contributed by atoms with Gasteiger partial charge in [-0.05, 0) is 65.4 Å². The molecule has 5 heterocycles. The van der Waals surface area contributed by atoms with Crippen molar-refractivity contribution in [1.29, 1.82) is 0 Å². The van der Waals surface area contributed by atoms with Crippen molar-refractivity contribution in [3.63, 3.8) is 0 Å². The minimum absolute atomic E-state index is 0.675. The molecule has 254 valence electrons. The van der Waals surface area contributed by atoms with Crippen LogP contribution in [0.1, 0.15) is 0 Å². The summed E-state index contributed by atoms with van der Waals surface area (Å²) < 4.78 is 11.4. The van der Waals surface area contributed by atoms with E-state index in [-0.39, 0.29) is 0 Å². The number of benzene rings is 8. The zero-order valence-corrected chi connectivity index (χ0v) is 29.4. The lowest BCUT2D eigenvalue weighted by molar-refractivity contribution is 0.667. The highest BCUT2D eigenvalue weighted by Gasteiger charge is 2.25. The smallest absolute Gasteiger partial charge is 0.180 e. The van der Waals surface area contributed by atoms with Crippen LogP contribution in [-0.4, -0.2) is 18.9 Å². The Bertz CT molecular complexity index is 3700. The van der Waals surface area contributed by atoms with Gasteiger partial charge in [-0.2, -0.15) is 0 Å². The molecule has 0 aliphatic rings. The van der Waals surface area contributed by atoms with Crippen molar-refractivity contribution in [2.24, 2.45) is 0 Å². The van der Waals surface area contributed by atoms with E-state index in [4.69, 9.17) is 14.4 Å². The van der Waals surface area contributed by atoms with Crippen LogP contribution in [0.5, 0.6) is 0 Å². The van der Waals surface area contributed by atoms with E-state index in [2.05, 4.69) is 142 Å². The molecule has 5 aromatic heterocycles. The van der Waals surface area contributed by atoms with Crippen LogP contribution >= 0.6 is 0 Å². The Morgan fingerprint density at radius 2 is 1.09 bits per heavy atom. The van der Waals surface area contributed by atoms with Crippen molar-refractivity contribution < 1.29 is 4.42 Å². The maximum absolute atomic E-state index is 6.49. The summed E-state index contributed by atoms with van der Waals surface area (Å²) in [5.41, 5.74) is 12.2. The molecule has 8 aromatic carbocycles. The number of hydrogen-bond donors (Lipinski definition) is 0. The van der Waals surface area contributed by atoms with Crippen LogP contribution in [0.4, 0.5) is 0 Å². The monoisotopic (exact) mass is 700 g/mol. The predicted octanol–water partition coefficient (Wildman–Crippen LogP) is 13.1. The quantitative estimate of drug-likeness (QED) is 0.184. The second-order valence-corrected chi connectivity index (χ2v) is 14.6. The van der Waals surface area contributed by atoms with Crippen molar-refractivity contribution in [2.75, 3.05) is 0 Å². The van der Waals surface area contributed by atoms with Crippen molar-refractivity contribution in [1.82, 2.24) is 18.9 Å². The fraction of sp³-hybridized carbons (Fsp3) is 0. The molecule has 0 saturated carbocycles. The van der Waals surface area contributed by atoms with Gasteiger partial charge in [-0.25, -0.2) is 9.97 Å². The Hall–Kier alpha value is -7.50. The van der Waals surface area contributed by atoms with E-state index >= 15 is 0 Å². The molecule has 0 spiro atoms.